The third-order valence-corrected chi connectivity index (χ3v) is 2.97. The van der Waals surface area contributed by atoms with Gasteiger partial charge in [0.05, 0.1) is 12.2 Å². The van der Waals surface area contributed by atoms with Gasteiger partial charge in [0.25, 0.3) is 0 Å². The van der Waals surface area contributed by atoms with Crippen LogP contribution in [0.15, 0.2) is 42.7 Å². The average molecular weight is 269 g/mol. The summed E-state index contributed by atoms with van der Waals surface area (Å²) >= 11 is 0. The summed E-state index contributed by atoms with van der Waals surface area (Å²) in [6.45, 7) is 1.52. The number of fused-ring (bicyclic) bond motifs is 1. The van der Waals surface area contributed by atoms with Crippen LogP contribution in [-0.4, -0.2) is 26.6 Å². The molecule has 0 aliphatic rings. The standard InChI is InChI=1S/C14H15N5O/c15-9-12-10-19(18-17-12)7-8-20-13-5-1-3-11-4-2-6-16-14(11)13/h1-6,10H,7-9,15H2. The second kappa shape index (κ2) is 5.66. The molecule has 0 atom stereocenters. The molecule has 0 unspecified atom stereocenters. The molecule has 2 heterocycles. The predicted molar refractivity (Wildman–Crippen MR) is 75.2 cm³/mol. The zero-order valence-electron chi connectivity index (χ0n) is 10.9. The quantitative estimate of drug-likeness (QED) is 0.756. The van der Waals surface area contributed by atoms with E-state index in [1.165, 1.54) is 0 Å². The number of rotatable bonds is 5. The van der Waals surface area contributed by atoms with Crippen LogP contribution in [0.5, 0.6) is 5.75 Å². The topological polar surface area (TPSA) is 78.9 Å². The minimum absolute atomic E-state index is 0.397. The lowest BCUT2D eigenvalue weighted by atomic mass is 10.2. The van der Waals surface area contributed by atoms with Crippen molar-refractivity contribution in [3.8, 4) is 5.75 Å². The molecule has 0 saturated carbocycles. The molecule has 6 heteroatoms. The molecule has 0 bridgehead atoms. The van der Waals surface area contributed by atoms with Gasteiger partial charge in [-0.25, -0.2) is 4.68 Å². The minimum atomic E-state index is 0.397. The first-order chi connectivity index (χ1) is 9.86. The van der Waals surface area contributed by atoms with E-state index in [0.717, 1.165) is 22.3 Å². The van der Waals surface area contributed by atoms with Crippen LogP contribution in [0, 0.1) is 0 Å². The number of para-hydroxylation sites is 1. The van der Waals surface area contributed by atoms with Gasteiger partial charge in [0.15, 0.2) is 0 Å². The number of nitrogens with two attached hydrogens (primary N) is 1. The van der Waals surface area contributed by atoms with Gasteiger partial charge in [0.1, 0.15) is 17.9 Å². The SMILES string of the molecule is NCc1cn(CCOc2cccc3cccnc23)nn1. The molecular formula is C14H15N5O. The van der Waals surface area contributed by atoms with E-state index >= 15 is 0 Å². The molecule has 0 radical (unpaired) electrons. The zero-order valence-corrected chi connectivity index (χ0v) is 10.9. The van der Waals surface area contributed by atoms with E-state index < -0.39 is 0 Å². The lowest BCUT2D eigenvalue weighted by Gasteiger charge is -2.08. The van der Waals surface area contributed by atoms with Crippen molar-refractivity contribution in [2.24, 2.45) is 5.73 Å². The highest BCUT2D eigenvalue weighted by atomic mass is 16.5. The van der Waals surface area contributed by atoms with Gasteiger partial charge in [-0.3, -0.25) is 4.98 Å². The smallest absolute Gasteiger partial charge is 0.145 e. The second-order valence-electron chi connectivity index (χ2n) is 4.36. The molecule has 6 nitrogen and oxygen atoms in total. The summed E-state index contributed by atoms with van der Waals surface area (Å²) in [5, 5.41) is 8.97. The molecular weight excluding hydrogens is 254 g/mol. The Morgan fingerprint density at radius 1 is 1.20 bits per heavy atom. The number of hydrogen-bond acceptors (Lipinski definition) is 5. The summed E-state index contributed by atoms with van der Waals surface area (Å²) in [5.41, 5.74) is 7.14. The third kappa shape index (κ3) is 2.60. The van der Waals surface area contributed by atoms with Gasteiger partial charge in [-0.05, 0) is 12.1 Å². The van der Waals surface area contributed by atoms with Crippen molar-refractivity contribution in [1.82, 2.24) is 20.0 Å². The maximum atomic E-state index is 5.78. The van der Waals surface area contributed by atoms with Crippen LogP contribution < -0.4 is 10.5 Å². The normalized spacial score (nSPS) is 10.8. The molecule has 0 spiro atoms. The minimum Gasteiger partial charge on any atom is -0.489 e. The Morgan fingerprint density at radius 3 is 2.95 bits per heavy atom. The molecule has 0 aliphatic carbocycles. The monoisotopic (exact) mass is 269 g/mol. The van der Waals surface area contributed by atoms with E-state index in [9.17, 15) is 0 Å². The summed E-state index contributed by atoms with van der Waals surface area (Å²) in [7, 11) is 0. The van der Waals surface area contributed by atoms with Gasteiger partial charge in [0, 0.05) is 24.3 Å². The van der Waals surface area contributed by atoms with Crippen LogP contribution >= 0.6 is 0 Å². The fourth-order valence-electron chi connectivity index (χ4n) is 1.98. The number of hydrogen-bond donors (Lipinski definition) is 1. The molecule has 3 aromatic rings. The van der Waals surface area contributed by atoms with Gasteiger partial charge in [-0.1, -0.05) is 23.4 Å². The molecule has 0 saturated heterocycles. The van der Waals surface area contributed by atoms with Crippen LogP contribution in [0.4, 0.5) is 0 Å². The maximum absolute atomic E-state index is 5.78. The van der Waals surface area contributed by atoms with Crippen LogP contribution in [0.3, 0.4) is 0 Å². The van der Waals surface area contributed by atoms with Crippen LogP contribution in [0.25, 0.3) is 10.9 Å². The number of pyridine rings is 1. The largest absolute Gasteiger partial charge is 0.489 e. The Kier molecular flexibility index (Phi) is 3.56. The lowest BCUT2D eigenvalue weighted by molar-refractivity contribution is 0.292. The highest BCUT2D eigenvalue weighted by Gasteiger charge is 2.03. The Hall–Kier alpha value is -2.47. The molecule has 20 heavy (non-hydrogen) atoms. The first-order valence-electron chi connectivity index (χ1n) is 6.42. The molecule has 2 N–H and O–H groups in total. The maximum Gasteiger partial charge on any atom is 0.145 e. The molecule has 102 valence electrons. The first kappa shape index (κ1) is 12.6. The summed E-state index contributed by atoms with van der Waals surface area (Å²) < 4.78 is 7.51. The van der Waals surface area contributed by atoms with Crippen molar-refractivity contribution in [3.05, 3.63) is 48.4 Å². The van der Waals surface area contributed by atoms with E-state index in [2.05, 4.69) is 15.3 Å². The van der Waals surface area contributed by atoms with E-state index in [-0.39, 0.29) is 0 Å². The Bertz CT molecular complexity index is 704. The number of benzene rings is 1. The Labute approximate surface area is 116 Å². The fourth-order valence-corrected chi connectivity index (χ4v) is 1.98. The number of nitrogens with zero attached hydrogens (tertiary/aromatic N) is 4. The fraction of sp³-hybridized carbons (Fsp3) is 0.214. The van der Waals surface area contributed by atoms with Crippen molar-refractivity contribution in [1.29, 1.82) is 0 Å². The Morgan fingerprint density at radius 2 is 2.10 bits per heavy atom. The highest BCUT2D eigenvalue weighted by Crippen LogP contribution is 2.22. The lowest BCUT2D eigenvalue weighted by Crippen LogP contribution is -2.09. The molecule has 2 aromatic heterocycles. The van der Waals surface area contributed by atoms with E-state index in [1.54, 1.807) is 10.9 Å². The molecule has 3 rings (SSSR count). The van der Waals surface area contributed by atoms with Gasteiger partial charge in [-0.15, -0.1) is 5.10 Å². The van der Waals surface area contributed by atoms with Crippen molar-refractivity contribution < 1.29 is 4.74 Å². The van der Waals surface area contributed by atoms with Crippen LogP contribution in [0.2, 0.25) is 0 Å². The van der Waals surface area contributed by atoms with Gasteiger partial charge < -0.3 is 10.5 Å². The number of ether oxygens (including phenoxy) is 1. The molecule has 0 aliphatic heterocycles. The van der Waals surface area contributed by atoms with Crippen LogP contribution in [-0.2, 0) is 13.1 Å². The van der Waals surface area contributed by atoms with Crippen molar-refractivity contribution >= 4 is 10.9 Å². The highest BCUT2D eigenvalue weighted by molar-refractivity contribution is 5.84. The van der Waals surface area contributed by atoms with Crippen molar-refractivity contribution in [2.75, 3.05) is 6.61 Å². The van der Waals surface area contributed by atoms with E-state index in [4.69, 9.17) is 10.5 Å². The molecule has 0 amide bonds. The van der Waals surface area contributed by atoms with Gasteiger partial charge in [0.2, 0.25) is 0 Å². The third-order valence-electron chi connectivity index (χ3n) is 2.97. The summed E-state index contributed by atoms with van der Waals surface area (Å²) in [5.74, 6) is 0.780. The summed E-state index contributed by atoms with van der Waals surface area (Å²) in [4.78, 5) is 4.35. The second-order valence-corrected chi connectivity index (χ2v) is 4.36. The average Bonchev–Trinajstić information content (AvgIpc) is 2.95. The Balaban J connectivity index is 1.68. The molecule has 0 fully saturated rings. The van der Waals surface area contributed by atoms with Gasteiger partial charge >= 0.3 is 0 Å². The van der Waals surface area contributed by atoms with Crippen LogP contribution in [0.1, 0.15) is 5.69 Å². The van der Waals surface area contributed by atoms with Crippen molar-refractivity contribution in [3.63, 3.8) is 0 Å². The van der Waals surface area contributed by atoms with Crippen molar-refractivity contribution in [2.45, 2.75) is 13.1 Å². The summed E-state index contributed by atoms with van der Waals surface area (Å²) in [6.07, 6.45) is 3.59. The molecule has 1 aromatic carbocycles. The first-order valence-corrected chi connectivity index (χ1v) is 6.42. The number of aromatic nitrogens is 4. The van der Waals surface area contributed by atoms with E-state index in [1.807, 2.05) is 36.5 Å². The van der Waals surface area contributed by atoms with Gasteiger partial charge in [-0.2, -0.15) is 0 Å². The van der Waals surface area contributed by atoms with E-state index in [0.29, 0.717) is 19.7 Å². The zero-order chi connectivity index (χ0) is 13.8. The summed E-state index contributed by atoms with van der Waals surface area (Å²) in [6, 6.07) is 9.82. The predicted octanol–water partition coefficient (Wildman–Crippen LogP) is 1.36.